The van der Waals surface area contributed by atoms with E-state index in [0.717, 1.165) is 16.7 Å². The van der Waals surface area contributed by atoms with Gasteiger partial charge in [-0.3, -0.25) is 0 Å². The van der Waals surface area contributed by atoms with Crippen molar-refractivity contribution < 1.29 is 14.1 Å². The van der Waals surface area contributed by atoms with E-state index in [4.69, 9.17) is 9.26 Å². The van der Waals surface area contributed by atoms with Gasteiger partial charge < -0.3 is 9.26 Å². The van der Waals surface area contributed by atoms with Crippen LogP contribution in [-0.2, 0) is 11.3 Å². The molecule has 27 heavy (non-hydrogen) atoms. The van der Waals surface area contributed by atoms with Gasteiger partial charge in [-0.15, -0.1) is 0 Å². The van der Waals surface area contributed by atoms with E-state index in [2.05, 4.69) is 5.16 Å². The largest absolute Gasteiger partial charge is 0.455 e. The summed E-state index contributed by atoms with van der Waals surface area (Å²) in [5, 5.41) is 3.96. The highest BCUT2D eigenvalue weighted by Crippen LogP contribution is 2.21. The number of nitrogens with zero attached hydrogens (tertiary/aromatic N) is 1. The third-order valence-electron chi connectivity index (χ3n) is 4.20. The zero-order valence-electron chi connectivity index (χ0n) is 14.5. The summed E-state index contributed by atoms with van der Waals surface area (Å²) in [5.74, 6) is 0.257. The van der Waals surface area contributed by atoms with Gasteiger partial charge in [-0.2, -0.15) is 0 Å². The molecule has 0 radical (unpaired) electrons. The van der Waals surface area contributed by atoms with E-state index >= 15 is 0 Å². The number of benzene rings is 3. The number of rotatable bonds is 5. The number of carbonyl (C=O) groups is 1. The summed E-state index contributed by atoms with van der Waals surface area (Å²) in [7, 11) is 0. The van der Waals surface area contributed by atoms with Crippen molar-refractivity contribution in [3.8, 4) is 22.5 Å². The van der Waals surface area contributed by atoms with Crippen LogP contribution in [-0.4, -0.2) is 11.1 Å². The minimum Gasteiger partial charge on any atom is -0.455 e. The summed E-state index contributed by atoms with van der Waals surface area (Å²) in [4.78, 5) is 12.3. The van der Waals surface area contributed by atoms with E-state index in [1.807, 2.05) is 72.8 Å². The Morgan fingerprint density at radius 3 is 2.04 bits per heavy atom. The molecule has 0 unspecified atom stereocenters. The van der Waals surface area contributed by atoms with Crippen LogP contribution in [0.5, 0.6) is 0 Å². The van der Waals surface area contributed by atoms with Crippen molar-refractivity contribution >= 4 is 5.97 Å². The molecular weight excluding hydrogens is 338 g/mol. The smallest absolute Gasteiger partial charge is 0.338 e. The van der Waals surface area contributed by atoms with Crippen LogP contribution in [0.25, 0.3) is 22.5 Å². The maximum atomic E-state index is 12.3. The van der Waals surface area contributed by atoms with Crippen molar-refractivity contribution in [2.45, 2.75) is 6.61 Å². The molecule has 0 saturated carbocycles. The highest BCUT2D eigenvalue weighted by molar-refractivity contribution is 5.90. The Balaban J connectivity index is 1.39. The van der Waals surface area contributed by atoms with Crippen LogP contribution in [0.3, 0.4) is 0 Å². The summed E-state index contributed by atoms with van der Waals surface area (Å²) >= 11 is 0. The topological polar surface area (TPSA) is 52.3 Å². The maximum Gasteiger partial charge on any atom is 0.338 e. The van der Waals surface area contributed by atoms with Crippen LogP contribution in [0.1, 0.15) is 16.1 Å². The molecule has 0 aliphatic heterocycles. The van der Waals surface area contributed by atoms with Crippen molar-refractivity contribution in [2.24, 2.45) is 0 Å². The molecule has 0 bridgehead atoms. The second-order valence-corrected chi connectivity index (χ2v) is 6.07. The summed E-state index contributed by atoms with van der Waals surface area (Å²) in [6, 6.07) is 28.8. The molecule has 4 aromatic rings. The Labute approximate surface area is 157 Å². The Morgan fingerprint density at radius 2 is 1.37 bits per heavy atom. The molecule has 4 rings (SSSR count). The third kappa shape index (κ3) is 3.96. The van der Waals surface area contributed by atoms with Crippen LogP contribution in [0.2, 0.25) is 0 Å². The molecular formula is C23H17NO3. The predicted octanol–water partition coefficient (Wildman–Crippen LogP) is 5.37. The molecule has 0 atom stereocenters. The fourth-order valence-corrected chi connectivity index (χ4v) is 2.77. The summed E-state index contributed by atoms with van der Waals surface area (Å²) in [5.41, 5.74) is 4.16. The van der Waals surface area contributed by atoms with Gasteiger partial charge in [0.15, 0.2) is 5.76 Å². The van der Waals surface area contributed by atoms with E-state index in [1.54, 1.807) is 18.2 Å². The van der Waals surface area contributed by atoms with Gasteiger partial charge in [0.2, 0.25) is 0 Å². The average molecular weight is 355 g/mol. The third-order valence-corrected chi connectivity index (χ3v) is 4.20. The number of hydrogen-bond donors (Lipinski definition) is 0. The first kappa shape index (κ1) is 16.8. The van der Waals surface area contributed by atoms with Gasteiger partial charge in [0.25, 0.3) is 0 Å². The number of carbonyl (C=O) groups excluding carboxylic acids is 1. The van der Waals surface area contributed by atoms with Crippen molar-refractivity contribution in [1.82, 2.24) is 5.16 Å². The number of ether oxygens (including phenoxy) is 1. The molecule has 4 nitrogen and oxygen atoms in total. The second kappa shape index (κ2) is 7.70. The van der Waals surface area contributed by atoms with Gasteiger partial charge >= 0.3 is 5.97 Å². The molecule has 1 aromatic heterocycles. The molecule has 0 spiro atoms. The number of aromatic nitrogens is 1. The van der Waals surface area contributed by atoms with E-state index in [9.17, 15) is 4.79 Å². The Hall–Kier alpha value is -3.66. The molecule has 0 aliphatic carbocycles. The fourth-order valence-electron chi connectivity index (χ4n) is 2.77. The first-order valence-corrected chi connectivity index (χ1v) is 8.63. The summed E-state index contributed by atoms with van der Waals surface area (Å²) < 4.78 is 10.7. The summed E-state index contributed by atoms with van der Waals surface area (Å²) in [6.07, 6.45) is 0. The van der Waals surface area contributed by atoms with Crippen molar-refractivity contribution in [1.29, 1.82) is 0 Å². The van der Waals surface area contributed by atoms with Crippen molar-refractivity contribution in [3.63, 3.8) is 0 Å². The number of esters is 1. The molecule has 3 aromatic carbocycles. The zero-order chi connectivity index (χ0) is 18.5. The lowest BCUT2D eigenvalue weighted by Gasteiger charge is -2.05. The Kier molecular flexibility index (Phi) is 4.79. The molecule has 1 heterocycles. The van der Waals surface area contributed by atoms with Gasteiger partial charge in [0.1, 0.15) is 12.3 Å². The minimum atomic E-state index is -0.390. The highest BCUT2D eigenvalue weighted by atomic mass is 16.5. The molecule has 0 amide bonds. The van der Waals surface area contributed by atoms with Crippen molar-refractivity contribution in [2.75, 3.05) is 0 Å². The van der Waals surface area contributed by atoms with Gasteiger partial charge in [-0.05, 0) is 23.3 Å². The van der Waals surface area contributed by atoms with E-state index in [-0.39, 0.29) is 12.6 Å². The van der Waals surface area contributed by atoms with Crippen LogP contribution >= 0.6 is 0 Å². The second-order valence-electron chi connectivity index (χ2n) is 6.07. The molecule has 0 aliphatic rings. The first-order chi connectivity index (χ1) is 13.3. The maximum absolute atomic E-state index is 12.3. The van der Waals surface area contributed by atoms with Crippen LogP contribution < -0.4 is 0 Å². The van der Waals surface area contributed by atoms with Crippen LogP contribution in [0, 0.1) is 0 Å². The molecule has 4 heteroatoms. The lowest BCUT2D eigenvalue weighted by atomic mass is 10.0. The van der Waals surface area contributed by atoms with Gasteiger partial charge in [-0.1, -0.05) is 78.0 Å². The van der Waals surface area contributed by atoms with Gasteiger partial charge in [0.05, 0.1) is 5.56 Å². The lowest BCUT2D eigenvalue weighted by Crippen LogP contribution is -2.05. The van der Waals surface area contributed by atoms with Crippen LogP contribution in [0.4, 0.5) is 0 Å². The first-order valence-electron chi connectivity index (χ1n) is 8.63. The molecule has 0 fully saturated rings. The average Bonchev–Trinajstić information content (AvgIpc) is 3.22. The minimum absolute atomic E-state index is 0.0651. The number of hydrogen-bond acceptors (Lipinski definition) is 4. The highest BCUT2D eigenvalue weighted by Gasteiger charge is 2.11. The molecule has 0 N–H and O–H groups in total. The summed E-state index contributed by atoms with van der Waals surface area (Å²) in [6.45, 7) is 0.0651. The standard InChI is InChI=1S/C23H17NO3/c25-23(20-13-11-18(12-14-20)17-7-3-1-4-8-17)26-16-21-15-22(27-24-21)19-9-5-2-6-10-19/h1-15H,16H2. The predicted molar refractivity (Wildman–Crippen MR) is 103 cm³/mol. The Bertz CT molecular complexity index is 1020. The zero-order valence-corrected chi connectivity index (χ0v) is 14.5. The quantitative estimate of drug-likeness (QED) is 0.452. The van der Waals surface area contributed by atoms with Gasteiger partial charge in [-0.25, -0.2) is 4.79 Å². The van der Waals surface area contributed by atoms with E-state index in [1.165, 1.54) is 0 Å². The normalized spacial score (nSPS) is 10.5. The lowest BCUT2D eigenvalue weighted by molar-refractivity contribution is 0.0464. The molecule has 0 saturated heterocycles. The van der Waals surface area contributed by atoms with Gasteiger partial charge in [0, 0.05) is 11.6 Å². The monoisotopic (exact) mass is 355 g/mol. The Morgan fingerprint density at radius 1 is 0.778 bits per heavy atom. The van der Waals surface area contributed by atoms with E-state index < -0.39 is 0 Å². The SMILES string of the molecule is O=C(OCc1cc(-c2ccccc2)on1)c1ccc(-c2ccccc2)cc1. The molecule has 132 valence electrons. The van der Waals surface area contributed by atoms with Crippen molar-refractivity contribution in [3.05, 3.63) is 102 Å². The van der Waals surface area contributed by atoms with Crippen LogP contribution in [0.15, 0.2) is 95.5 Å². The van der Waals surface area contributed by atoms with E-state index in [0.29, 0.717) is 17.0 Å². The fraction of sp³-hybridized carbons (Fsp3) is 0.0435.